The topological polar surface area (TPSA) is 70.0 Å². The lowest BCUT2D eigenvalue weighted by atomic mass is 10.2. The molecule has 2 N–H and O–H groups in total. The number of fused-ring (bicyclic) bond motifs is 2. The highest BCUT2D eigenvalue weighted by atomic mass is 16.5. The van der Waals surface area contributed by atoms with E-state index < -0.39 is 12.2 Å². The number of aliphatic hydroxyl groups excluding tert-OH is 1. The Morgan fingerprint density at radius 2 is 2.25 bits per heavy atom. The second kappa shape index (κ2) is 2.60. The van der Waals surface area contributed by atoms with Crippen LogP contribution in [0.4, 0.5) is 4.79 Å². The van der Waals surface area contributed by atoms with Gasteiger partial charge in [0.2, 0.25) is 0 Å². The normalized spacial score (nSPS) is 40.1. The van der Waals surface area contributed by atoms with Crippen LogP contribution in [-0.4, -0.2) is 52.6 Å². The van der Waals surface area contributed by atoms with Gasteiger partial charge >= 0.3 is 6.09 Å². The van der Waals surface area contributed by atoms with Crippen LogP contribution in [0, 0.1) is 0 Å². The van der Waals surface area contributed by atoms with E-state index in [4.69, 9.17) is 9.84 Å². The van der Waals surface area contributed by atoms with Crippen molar-refractivity contribution in [1.29, 1.82) is 0 Å². The minimum atomic E-state index is -0.954. The van der Waals surface area contributed by atoms with Gasteiger partial charge in [0.1, 0.15) is 0 Å². The molecule has 2 aliphatic rings. The molecule has 2 fully saturated rings. The first-order valence-electron chi connectivity index (χ1n) is 3.97. The van der Waals surface area contributed by atoms with Gasteiger partial charge in [-0.3, -0.25) is 4.90 Å². The van der Waals surface area contributed by atoms with Gasteiger partial charge in [-0.2, -0.15) is 0 Å². The first-order valence-corrected chi connectivity index (χ1v) is 3.97. The van der Waals surface area contributed by atoms with E-state index in [2.05, 4.69) is 0 Å². The van der Waals surface area contributed by atoms with Crippen molar-refractivity contribution in [3.05, 3.63) is 0 Å². The van der Waals surface area contributed by atoms with Crippen molar-refractivity contribution < 1.29 is 19.7 Å². The molecule has 0 spiro atoms. The van der Waals surface area contributed by atoms with Crippen LogP contribution in [0.5, 0.6) is 0 Å². The maximum atomic E-state index is 10.7. The van der Waals surface area contributed by atoms with E-state index in [1.165, 1.54) is 4.90 Å². The summed E-state index contributed by atoms with van der Waals surface area (Å²) < 4.78 is 5.14. The lowest BCUT2D eigenvalue weighted by Crippen LogP contribution is -2.50. The molecule has 3 atom stereocenters. The molecule has 0 aliphatic carbocycles. The summed E-state index contributed by atoms with van der Waals surface area (Å²) in [5, 5.41) is 18.2. The molecule has 0 aromatic rings. The fraction of sp³-hybridized carbons (Fsp3) is 0.857. The highest BCUT2D eigenvalue weighted by molar-refractivity contribution is 5.66. The highest BCUT2D eigenvalue weighted by Gasteiger charge is 2.46. The monoisotopic (exact) mass is 173 g/mol. The maximum absolute atomic E-state index is 10.7. The zero-order valence-corrected chi connectivity index (χ0v) is 6.51. The number of ether oxygens (including phenoxy) is 1. The third-order valence-corrected chi connectivity index (χ3v) is 2.53. The Balaban J connectivity index is 2.19. The zero-order chi connectivity index (χ0) is 8.72. The van der Waals surface area contributed by atoms with Gasteiger partial charge in [0.15, 0.2) is 0 Å². The molecule has 68 valence electrons. The van der Waals surface area contributed by atoms with E-state index in [9.17, 15) is 9.90 Å². The predicted molar refractivity (Wildman–Crippen MR) is 38.9 cm³/mol. The van der Waals surface area contributed by atoms with E-state index in [1.807, 2.05) is 0 Å². The van der Waals surface area contributed by atoms with Gasteiger partial charge in [-0.25, -0.2) is 4.79 Å². The molecule has 0 aromatic carbocycles. The number of morpholine rings is 1. The Hall–Kier alpha value is -0.810. The van der Waals surface area contributed by atoms with Crippen LogP contribution in [0.15, 0.2) is 0 Å². The fourth-order valence-corrected chi connectivity index (χ4v) is 1.97. The van der Waals surface area contributed by atoms with Crippen molar-refractivity contribution in [2.45, 2.75) is 24.6 Å². The fourth-order valence-electron chi connectivity index (χ4n) is 1.97. The van der Waals surface area contributed by atoms with Crippen LogP contribution >= 0.6 is 0 Å². The quantitative estimate of drug-likeness (QED) is 0.518. The van der Waals surface area contributed by atoms with Crippen molar-refractivity contribution in [2.75, 3.05) is 13.2 Å². The Morgan fingerprint density at radius 1 is 1.50 bits per heavy atom. The SMILES string of the molecule is O=C(O)N1C2COCC1C(O)C2. The van der Waals surface area contributed by atoms with E-state index in [-0.39, 0.29) is 12.1 Å². The maximum Gasteiger partial charge on any atom is 0.408 e. The molecule has 3 unspecified atom stereocenters. The van der Waals surface area contributed by atoms with E-state index in [1.54, 1.807) is 0 Å². The smallest absolute Gasteiger partial charge is 0.408 e. The number of nitrogens with zero attached hydrogens (tertiary/aromatic N) is 1. The molecule has 0 radical (unpaired) electrons. The lowest BCUT2D eigenvalue weighted by Gasteiger charge is -2.32. The largest absolute Gasteiger partial charge is 0.465 e. The van der Waals surface area contributed by atoms with Gasteiger partial charge in [-0.15, -0.1) is 0 Å². The first-order chi connectivity index (χ1) is 5.70. The van der Waals surface area contributed by atoms with Gasteiger partial charge < -0.3 is 14.9 Å². The van der Waals surface area contributed by atoms with Gasteiger partial charge in [0.05, 0.1) is 31.4 Å². The summed E-state index contributed by atoms with van der Waals surface area (Å²) in [4.78, 5) is 12.0. The number of amides is 1. The Labute approximate surface area is 69.5 Å². The van der Waals surface area contributed by atoms with Crippen LogP contribution < -0.4 is 0 Å². The van der Waals surface area contributed by atoms with Crippen molar-refractivity contribution in [2.24, 2.45) is 0 Å². The third-order valence-electron chi connectivity index (χ3n) is 2.53. The molecule has 0 saturated carbocycles. The zero-order valence-electron chi connectivity index (χ0n) is 6.51. The summed E-state index contributed by atoms with van der Waals surface area (Å²) in [6, 6.07) is -0.488. The summed E-state index contributed by atoms with van der Waals surface area (Å²) >= 11 is 0. The summed E-state index contributed by atoms with van der Waals surface area (Å²) in [5.74, 6) is 0. The van der Waals surface area contributed by atoms with Crippen LogP contribution in [0.25, 0.3) is 0 Å². The summed E-state index contributed by atoms with van der Waals surface area (Å²) in [5.41, 5.74) is 0. The minimum Gasteiger partial charge on any atom is -0.465 e. The Bertz CT molecular complexity index is 208. The van der Waals surface area contributed by atoms with Gasteiger partial charge in [0.25, 0.3) is 0 Å². The molecule has 12 heavy (non-hydrogen) atoms. The molecule has 2 aliphatic heterocycles. The predicted octanol–water partition coefficient (Wildman–Crippen LogP) is -0.502. The molecule has 5 nitrogen and oxygen atoms in total. The molecule has 2 bridgehead atoms. The van der Waals surface area contributed by atoms with E-state index in [0.717, 1.165) is 0 Å². The van der Waals surface area contributed by atoms with Crippen molar-refractivity contribution >= 4 is 6.09 Å². The van der Waals surface area contributed by atoms with E-state index >= 15 is 0 Å². The number of carboxylic acid groups (broad SMARTS) is 1. The molecular weight excluding hydrogens is 162 g/mol. The number of aliphatic hydroxyl groups is 1. The van der Waals surface area contributed by atoms with Crippen LogP contribution in [0.3, 0.4) is 0 Å². The summed E-state index contributed by atoms with van der Waals surface area (Å²) in [7, 11) is 0. The van der Waals surface area contributed by atoms with Gasteiger partial charge in [0, 0.05) is 0 Å². The molecule has 1 amide bonds. The van der Waals surface area contributed by atoms with Crippen molar-refractivity contribution in [3.63, 3.8) is 0 Å². The molecule has 2 saturated heterocycles. The van der Waals surface area contributed by atoms with Crippen molar-refractivity contribution in [1.82, 2.24) is 4.90 Å². The first kappa shape index (κ1) is 7.82. The second-order valence-corrected chi connectivity index (χ2v) is 3.25. The third kappa shape index (κ3) is 0.971. The molecule has 5 heteroatoms. The van der Waals surface area contributed by atoms with Crippen LogP contribution in [-0.2, 0) is 4.74 Å². The standard InChI is InChI=1S/C7H11NO4/c9-6-1-4-2-12-3-5(6)8(4)7(10)11/h4-6,9H,1-3H2,(H,10,11). The highest BCUT2D eigenvalue weighted by Crippen LogP contribution is 2.28. The summed E-state index contributed by atoms with van der Waals surface area (Å²) in [6.45, 7) is 0.740. The second-order valence-electron chi connectivity index (χ2n) is 3.25. The Kier molecular flexibility index (Phi) is 1.69. The molecular formula is C7H11NO4. The number of hydrogen-bond acceptors (Lipinski definition) is 3. The average Bonchev–Trinajstić information content (AvgIpc) is 2.20. The van der Waals surface area contributed by atoms with Gasteiger partial charge in [-0.05, 0) is 6.42 Å². The van der Waals surface area contributed by atoms with Crippen LogP contribution in [0.2, 0.25) is 0 Å². The van der Waals surface area contributed by atoms with E-state index in [0.29, 0.717) is 19.6 Å². The number of carbonyl (C=O) groups is 1. The summed E-state index contributed by atoms with van der Waals surface area (Å²) in [6.07, 6.45) is -0.991. The van der Waals surface area contributed by atoms with Crippen LogP contribution in [0.1, 0.15) is 6.42 Å². The lowest BCUT2D eigenvalue weighted by molar-refractivity contribution is -0.0215. The molecule has 2 heterocycles. The Morgan fingerprint density at radius 3 is 2.75 bits per heavy atom. The van der Waals surface area contributed by atoms with Gasteiger partial charge in [-0.1, -0.05) is 0 Å². The average molecular weight is 173 g/mol. The number of hydrogen-bond donors (Lipinski definition) is 2. The van der Waals surface area contributed by atoms with Crippen molar-refractivity contribution in [3.8, 4) is 0 Å². The molecule has 2 rings (SSSR count). The minimum absolute atomic E-state index is 0.142. The number of rotatable bonds is 0. The molecule has 0 aromatic heterocycles.